The first-order valence-electron chi connectivity index (χ1n) is 9.09. The molecule has 0 aliphatic heterocycles. The molecule has 0 aromatic heterocycles. The van der Waals surface area contributed by atoms with Gasteiger partial charge >= 0.3 is 0 Å². The van der Waals surface area contributed by atoms with Crippen LogP contribution in [0.3, 0.4) is 0 Å². The van der Waals surface area contributed by atoms with E-state index in [0.717, 1.165) is 12.3 Å². The van der Waals surface area contributed by atoms with Crippen LogP contribution in [0.2, 0.25) is 0 Å². The van der Waals surface area contributed by atoms with E-state index < -0.39 is 0 Å². The van der Waals surface area contributed by atoms with E-state index in [2.05, 4.69) is 26.1 Å². The van der Waals surface area contributed by atoms with Gasteiger partial charge in [0.05, 0.1) is 18.8 Å². The summed E-state index contributed by atoms with van der Waals surface area (Å²) in [6.45, 7) is 8.09. The van der Waals surface area contributed by atoms with Crippen LogP contribution in [-0.2, 0) is 4.74 Å². The summed E-state index contributed by atoms with van der Waals surface area (Å²) in [5, 5.41) is 13.6. The summed E-state index contributed by atoms with van der Waals surface area (Å²) in [6.07, 6.45) is 8.94. The number of aliphatic hydroxyl groups excluding tert-OH is 1. The monoisotopic (exact) mass is 297 g/mol. The van der Waals surface area contributed by atoms with Crippen molar-refractivity contribution in [2.75, 3.05) is 13.2 Å². The third-order valence-electron chi connectivity index (χ3n) is 5.46. The number of hydrogen-bond acceptors (Lipinski definition) is 3. The van der Waals surface area contributed by atoms with Crippen LogP contribution >= 0.6 is 0 Å². The predicted octanol–water partition coefficient (Wildman–Crippen LogP) is 3.36. The third kappa shape index (κ3) is 5.54. The van der Waals surface area contributed by atoms with Gasteiger partial charge in [-0.15, -0.1) is 0 Å². The van der Waals surface area contributed by atoms with Crippen molar-refractivity contribution in [3.8, 4) is 0 Å². The summed E-state index contributed by atoms with van der Waals surface area (Å²) in [5.74, 6) is 2.10. The number of hydrogen-bond donors (Lipinski definition) is 2. The van der Waals surface area contributed by atoms with Crippen LogP contribution in [0.15, 0.2) is 0 Å². The van der Waals surface area contributed by atoms with E-state index in [1.807, 2.05) is 0 Å². The zero-order chi connectivity index (χ0) is 15.2. The van der Waals surface area contributed by atoms with Crippen molar-refractivity contribution in [2.24, 2.45) is 17.8 Å². The molecule has 0 unspecified atom stereocenters. The Morgan fingerprint density at radius 1 is 1.14 bits per heavy atom. The molecule has 0 aromatic carbocycles. The molecule has 124 valence electrons. The highest BCUT2D eigenvalue weighted by Crippen LogP contribution is 2.35. The SMILES string of the molecule is CC(C)[C@@H]1CC[C@H](C)C[C@H]1OC[C@H](O)CNC1CCCC1. The van der Waals surface area contributed by atoms with Crippen molar-refractivity contribution < 1.29 is 9.84 Å². The van der Waals surface area contributed by atoms with Crippen molar-refractivity contribution in [1.29, 1.82) is 0 Å². The molecule has 0 bridgehead atoms. The Morgan fingerprint density at radius 3 is 2.52 bits per heavy atom. The largest absolute Gasteiger partial charge is 0.389 e. The lowest BCUT2D eigenvalue weighted by Gasteiger charge is -2.37. The van der Waals surface area contributed by atoms with E-state index in [4.69, 9.17) is 4.74 Å². The molecule has 2 rings (SSSR count). The zero-order valence-electron chi connectivity index (χ0n) is 14.2. The minimum Gasteiger partial charge on any atom is -0.389 e. The highest BCUT2D eigenvalue weighted by molar-refractivity contribution is 4.82. The summed E-state index contributed by atoms with van der Waals surface area (Å²) in [7, 11) is 0. The van der Waals surface area contributed by atoms with E-state index in [9.17, 15) is 5.11 Å². The maximum Gasteiger partial charge on any atom is 0.0897 e. The van der Waals surface area contributed by atoms with E-state index in [0.29, 0.717) is 37.1 Å². The highest BCUT2D eigenvalue weighted by Gasteiger charge is 2.31. The highest BCUT2D eigenvalue weighted by atomic mass is 16.5. The Bertz CT molecular complexity index is 289. The summed E-state index contributed by atoms with van der Waals surface area (Å²) in [4.78, 5) is 0. The van der Waals surface area contributed by atoms with Gasteiger partial charge in [-0.25, -0.2) is 0 Å². The van der Waals surface area contributed by atoms with Crippen molar-refractivity contribution in [1.82, 2.24) is 5.32 Å². The van der Waals surface area contributed by atoms with E-state index >= 15 is 0 Å². The molecule has 2 N–H and O–H groups in total. The van der Waals surface area contributed by atoms with Crippen LogP contribution in [0.5, 0.6) is 0 Å². The van der Waals surface area contributed by atoms with Crippen LogP contribution in [0, 0.1) is 17.8 Å². The van der Waals surface area contributed by atoms with Crippen molar-refractivity contribution in [3.05, 3.63) is 0 Å². The van der Waals surface area contributed by atoms with Gasteiger partial charge in [0.1, 0.15) is 0 Å². The number of ether oxygens (including phenoxy) is 1. The lowest BCUT2D eigenvalue weighted by molar-refractivity contribution is -0.0685. The van der Waals surface area contributed by atoms with E-state index in [-0.39, 0.29) is 6.10 Å². The lowest BCUT2D eigenvalue weighted by atomic mass is 9.75. The van der Waals surface area contributed by atoms with E-state index in [1.54, 1.807) is 0 Å². The summed E-state index contributed by atoms with van der Waals surface area (Å²) in [6, 6.07) is 0.623. The lowest BCUT2D eigenvalue weighted by Crippen LogP contribution is -2.39. The van der Waals surface area contributed by atoms with Crippen molar-refractivity contribution in [2.45, 2.75) is 84.0 Å². The Labute approximate surface area is 130 Å². The molecule has 3 heteroatoms. The molecule has 0 amide bonds. The van der Waals surface area contributed by atoms with Crippen LogP contribution in [-0.4, -0.2) is 36.5 Å². The Morgan fingerprint density at radius 2 is 1.86 bits per heavy atom. The molecule has 0 radical (unpaired) electrons. The van der Waals surface area contributed by atoms with Gasteiger partial charge in [-0.3, -0.25) is 0 Å². The summed E-state index contributed by atoms with van der Waals surface area (Å²) >= 11 is 0. The molecule has 0 heterocycles. The normalized spacial score (nSPS) is 32.7. The molecule has 0 saturated heterocycles. The molecule has 2 aliphatic carbocycles. The average molecular weight is 297 g/mol. The first kappa shape index (κ1) is 17.2. The molecule has 0 aromatic rings. The average Bonchev–Trinajstić information content (AvgIpc) is 2.96. The number of rotatable bonds is 7. The van der Waals surface area contributed by atoms with Gasteiger partial charge in [0, 0.05) is 12.6 Å². The van der Waals surface area contributed by atoms with Gasteiger partial charge in [-0.1, -0.05) is 40.0 Å². The minimum atomic E-state index is -0.365. The smallest absolute Gasteiger partial charge is 0.0897 e. The van der Waals surface area contributed by atoms with Crippen LogP contribution in [0.1, 0.15) is 65.7 Å². The molecule has 3 nitrogen and oxygen atoms in total. The molecule has 2 fully saturated rings. The van der Waals surface area contributed by atoms with Crippen molar-refractivity contribution >= 4 is 0 Å². The fourth-order valence-electron chi connectivity index (χ4n) is 4.03. The number of aliphatic hydroxyl groups is 1. The first-order valence-corrected chi connectivity index (χ1v) is 9.09. The molecule has 21 heavy (non-hydrogen) atoms. The first-order chi connectivity index (χ1) is 10.1. The number of nitrogens with one attached hydrogen (secondary N) is 1. The van der Waals surface area contributed by atoms with Gasteiger partial charge in [-0.05, 0) is 43.4 Å². The Kier molecular flexibility index (Phi) is 6.97. The second kappa shape index (κ2) is 8.50. The second-order valence-electron chi connectivity index (χ2n) is 7.74. The second-order valence-corrected chi connectivity index (χ2v) is 7.74. The molecule has 4 atom stereocenters. The van der Waals surface area contributed by atoms with Gasteiger partial charge in [0.15, 0.2) is 0 Å². The maximum atomic E-state index is 10.1. The third-order valence-corrected chi connectivity index (χ3v) is 5.46. The fourth-order valence-corrected chi connectivity index (χ4v) is 4.03. The standard InChI is InChI=1S/C18H35NO2/c1-13(2)17-9-8-14(3)10-18(17)21-12-16(20)11-19-15-6-4-5-7-15/h13-20H,4-12H2,1-3H3/t14-,16+,17-,18+/m0/s1. The van der Waals surface area contributed by atoms with Gasteiger partial charge in [0.2, 0.25) is 0 Å². The Balaban J connectivity index is 1.69. The fraction of sp³-hybridized carbons (Fsp3) is 1.00. The summed E-state index contributed by atoms with van der Waals surface area (Å²) in [5.41, 5.74) is 0. The topological polar surface area (TPSA) is 41.5 Å². The Hall–Kier alpha value is -0.120. The van der Waals surface area contributed by atoms with E-state index in [1.165, 1.54) is 38.5 Å². The summed E-state index contributed by atoms with van der Waals surface area (Å²) < 4.78 is 6.11. The minimum absolute atomic E-state index is 0.342. The quantitative estimate of drug-likeness (QED) is 0.757. The van der Waals surface area contributed by atoms with Crippen molar-refractivity contribution in [3.63, 3.8) is 0 Å². The molecule has 2 saturated carbocycles. The van der Waals surface area contributed by atoms with Crippen LogP contribution in [0.4, 0.5) is 0 Å². The molecular formula is C18H35NO2. The van der Waals surface area contributed by atoms with Gasteiger partial charge in [0.25, 0.3) is 0 Å². The van der Waals surface area contributed by atoms with Crippen LogP contribution < -0.4 is 5.32 Å². The molecule has 0 spiro atoms. The van der Waals surface area contributed by atoms with Crippen LogP contribution in [0.25, 0.3) is 0 Å². The predicted molar refractivity (Wildman–Crippen MR) is 87.3 cm³/mol. The van der Waals surface area contributed by atoms with Gasteiger partial charge in [-0.2, -0.15) is 0 Å². The maximum absolute atomic E-state index is 10.1. The zero-order valence-corrected chi connectivity index (χ0v) is 14.2. The van der Waals surface area contributed by atoms with Gasteiger partial charge < -0.3 is 15.2 Å². The molecule has 2 aliphatic rings. The molecular weight excluding hydrogens is 262 g/mol.